The number of hydrogen-bond acceptors (Lipinski definition) is 5. The first-order valence-corrected chi connectivity index (χ1v) is 9.38. The van der Waals surface area contributed by atoms with E-state index >= 15 is 0 Å². The van der Waals surface area contributed by atoms with Gasteiger partial charge < -0.3 is 5.11 Å². The SMILES string of the molecule is CC1=NN(/C(C)=C/C=C(\C)S(N)(=O)=O)C(=O)/C1=C\c1cccc(C(=O)O)c1. The van der Waals surface area contributed by atoms with Crippen molar-refractivity contribution in [1.29, 1.82) is 0 Å². The number of benzene rings is 1. The normalized spacial score (nSPS) is 17.5. The molecule has 1 heterocycles. The summed E-state index contributed by atoms with van der Waals surface area (Å²) in [6.45, 7) is 4.61. The van der Waals surface area contributed by atoms with E-state index in [1.807, 2.05) is 0 Å². The second-order valence-electron chi connectivity index (χ2n) is 5.92. The average molecular weight is 389 g/mol. The number of hydrazone groups is 1. The molecule has 1 aromatic rings. The van der Waals surface area contributed by atoms with E-state index in [0.717, 1.165) is 5.01 Å². The summed E-state index contributed by atoms with van der Waals surface area (Å²) in [5.74, 6) is -1.46. The number of amides is 1. The number of nitrogens with two attached hydrogens (primary N) is 1. The number of rotatable bonds is 5. The van der Waals surface area contributed by atoms with Crippen LogP contribution >= 0.6 is 0 Å². The van der Waals surface area contributed by atoms with E-state index in [9.17, 15) is 18.0 Å². The van der Waals surface area contributed by atoms with Crippen LogP contribution in [0, 0.1) is 0 Å². The van der Waals surface area contributed by atoms with E-state index in [4.69, 9.17) is 10.2 Å². The maximum atomic E-state index is 12.6. The largest absolute Gasteiger partial charge is 0.478 e. The Morgan fingerprint density at radius 1 is 1.26 bits per heavy atom. The predicted molar refractivity (Wildman–Crippen MR) is 102 cm³/mol. The van der Waals surface area contributed by atoms with Gasteiger partial charge in [-0.15, -0.1) is 0 Å². The topological polar surface area (TPSA) is 130 Å². The predicted octanol–water partition coefficient (Wildman–Crippen LogP) is 2.08. The molecule has 1 aliphatic rings. The minimum absolute atomic E-state index is 0.0459. The van der Waals surface area contributed by atoms with Gasteiger partial charge in [0.2, 0.25) is 10.0 Å². The number of nitrogens with zero attached hydrogens (tertiary/aromatic N) is 2. The van der Waals surface area contributed by atoms with E-state index in [0.29, 0.717) is 22.5 Å². The Kier molecular flexibility index (Phi) is 5.77. The number of hydrogen-bond donors (Lipinski definition) is 2. The van der Waals surface area contributed by atoms with Gasteiger partial charge in [0.05, 0.1) is 21.8 Å². The van der Waals surface area contributed by atoms with Crippen molar-refractivity contribution in [3.63, 3.8) is 0 Å². The molecule has 0 saturated carbocycles. The molecule has 3 N–H and O–H groups in total. The van der Waals surface area contributed by atoms with Gasteiger partial charge in [0.25, 0.3) is 5.91 Å². The van der Waals surface area contributed by atoms with E-state index in [2.05, 4.69) is 5.10 Å². The van der Waals surface area contributed by atoms with Crippen LogP contribution < -0.4 is 5.14 Å². The van der Waals surface area contributed by atoms with Crippen LogP contribution in [0.4, 0.5) is 0 Å². The Bertz CT molecular complexity index is 1030. The lowest BCUT2D eigenvalue weighted by atomic mass is 10.1. The van der Waals surface area contributed by atoms with E-state index in [1.54, 1.807) is 32.1 Å². The number of aromatic carboxylic acids is 1. The van der Waals surface area contributed by atoms with Gasteiger partial charge in [-0.05, 0) is 56.7 Å². The highest BCUT2D eigenvalue weighted by molar-refractivity contribution is 7.93. The van der Waals surface area contributed by atoms with Gasteiger partial charge in [-0.2, -0.15) is 5.10 Å². The van der Waals surface area contributed by atoms with Gasteiger partial charge in [0.1, 0.15) is 0 Å². The van der Waals surface area contributed by atoms with Crippen LogP contribution in [0.1, 0.15) is 36.7 Å². The van der Waals surface area contributed by atoms with Crippen molar-refractivity contribution in [1.82, 2.24) is 5.01 Å². The lowest BCUT2D eigenvalue weighted by Gasteiger charge is -2.11. The molecular formula is C18H19N3O5S. The van der Waals surface area contributed by atoms with Gasteiger partial charge in [-0.25, -0.2) is 23.4 Å². The molecule has 0 aromatic heterocycles. The summed E-state index contributed by atoms with van der Waals surface area (Å²) in [5, 5.41) is 19.4. The molecule has 0 aliphatic carbocycles. The smallest absolute Gasteiger partial charge is 0.335 e. The van der Waals surface area contributed by atoms with Crippen LogP contribution in [0.15, 0.2) is 57.7 Å². The van der Waals surface area contributed by atoms with Crippen molar-refractivity contribution < 1.29 is 23.1 Å². The van der Waals surface area contributed by atoms with Gasteiger partial charge in [0.15, 0.2) is 0 Å². The minimum atomic E-state index is -3.79. The van der Waals surface area contributed by atoms with Gasteiger partial charge in [-0.3, -0.25) is 4.79 Å². The van der Waals surface area contributed by atoms with Crippen LogP contribution in [0.5, 0.6) is 0 Å². The molecule has 2 rings (SSSR count). The second kappa shape index (κ2) is 7.68. The van der Waals surface area contributed by atoms with Crippen molar-refractivity contribution in [3.8, 4) is 0 Å². The number of carbonyl (C=O) groups excluding carboxylic acids is 1. The van der Waals surface area contributed by atoms with Crippen LogP contribution in [-0.4, -0.2) is 36.1 Å². The summed E-state index contributed by atoms with van der Waals surface area (Å²) in [6, 6.07) is 6.19. The van der Waals surface area contributed by atoms with E-state index in [1.165, 1.54) is 31.2 Å². The summed E-state index contributed by atoms with van der Waals surface area (Å²) in [4.78, 5) is 23.7. The molecular weight excluding hydrogens is 370 g/mol. The fourth-order valence-electron chi connectivity index (χ4n) is 2.25. The molecule has 0 spiro atoms. The summed E-state index contributed by atoms with van der Waals surface area (Å²) >= 11 is 0. The van der Waals surface area contributed by atoms with Crippen molar-refractivity contribution in [2.75, 3.05) is 0 Å². The monoisotopic (exact) mass is 389 g/mol. The third-order valence-corrected chi connectivity index (χ3v) is 4.88. The summed E-state index contributed by atoms with van der Waals surface area (Å²) in [7, 11) is -3.79. The molecule has 0 bridgehead atoms. The van der Waals surface area contributed by atoms with Crippen molar-refractivity contribution in [2.45, 2.75) is 20.8 Å². The third-order valence-electron chi connectivity index (χ3n) is 3.85. The zero-order valence-corrected chi connectivity index (χ0v) is 15.8. The highest BCUT2D eigenvalue weighted by Crippen LogP contribution is 2.22. The fourth-order valence-corrected chi connectivity index (χ4v) is 2.51. The molecule has 1 aliphatic heterocycles. The molecule has 9 heteroatoms. The first-order valence-electron chi connectivity index (χ1n) is 7.84. The van der Waals surface area contributed by atoms with Gasteiger partial charge >= 0.3 is 5.97 Å². The Morgan fingerprint density at radius 3 is 2.52 bits per heavy atom. The van der Waals surface area contributed by atoms with Crippen LogP contribution in [0.2, 0.25) is 0 Å². The second-order valence-corrected chi connectivity index (χ2v) is 7.66. The highest BCUT2D eigenvalue weighted by Gasteiger charge is 2.28. The number of primary sulfonamides is 1. The summed E-state index contributed by atoms with van der Waals surface area (Å²) in [6.07, 6.45) is 4.29. The number of carboxylic acids is 1. The van der Waals surface area contributed by atoms with Gasteiger partial charge in [0, 0.05) is 5.70 Å². The van der Waals surface area contributed by atoms with Crippen LogP contribution in [0.3, 0.4) is 0 Å². The molecule has 0 fully saturated rings. The standard InChI is InChI=1S/C18H19N3O5S/c1-11(7-8-12(2)27(19,25)26)21-17(22)16(13(3)20-21)10-14-5-4-6-15(9-14)18(23)24/h4-10H,1-3H3,(H,23,24)(H2,19,25,26)/b11-7+,12-8+,16-10-. The first-order chi connectivity index (χ1) is 12.5. The molecule has 1 amide bonds. The maximum absolute atomic E-state index is 12.6. The quantitative estimate of drug-likeness (QED) is 0.588. The number of carboxylic acid groups (broad SMARTS) is 1. The molecule has 0 radical (unpaired) electrons. The Labute approximate surface area is 157 Å². The molecule has 0 atom stereocenters. The molecule has 0 saturated heterocycles. The average Bonchev–Trinajstić information content (AvgIpc) is 2.87. The highest BCUT2D eigenvalue weighted by atomic mass is 32.2. The van der Waals surface area contributed by atoms with E-state index in [-0.39, 0.29) is 10.5 Å². The Hall–Kier alpha value is -3.04. The third kappa shape index (κ3) is 4.78. The maximum Gasteiger partial charge on any atom is 0.335 e. The molecule has 142 valence electrons. The van der Waals surface area contributed by atoms with Crippen LogP contribution in [0.25, 0.3) is 6.08 Å². The summed E-state index contributed by atoms with van der Waals surface area (Å²) in [5.41, 5.74) is 1.85. The molecule has 27 heavy (non-hydrogen) atoms. The molecule has 1 aromatic carbocycles. The van der Waals surface area contributed by atoms with Crippen molar-refractivity contribution >= 4 is 33.7 Å². The number of sulfonamides is 1. The molecule has 0 unspecified atom stereocenters. The minimum Gasteiger partial charge on any atom is -0.478 e. The lowest BCUT2D eigenvalue weighted by Crippen LogP contribution is -2.20. The zero-order valence-electron chi connectivity index (χ0n) is 15.0. The van der Waals surface area contributed by atoms with E-state index < -0.39 is 21.9 Å². The van der Waals surface area contributed by atoms with Crippen molar-refractivity contribution in [2.24, 2.45) is 10.2 Å². The molecule has 8 nitrogen and oxygen atoms in total. The lowest BCUT2D eigenvalue weighted by molar-refractivity contribution is -0.123. The van der Waals surface area contributed by atoms with Crippen molar-refractivity contribution in [3.05, 3.63) is 63.7 Å². The number of carbonyl (C=O) groups is 2. The van der Waals surface area contributed by atoms with Crippen LogP contribution in [-0.2, 0) is 14.8 Å². The Morgan fingerprint density at radius 2 is 1.93 bits per heavy atom. The number of allylic oxidation sites excluding steroid dienone is 4. The summed E-state index contributed by atoms with van der Waals surface area (Å²) < 4.78 is 22.5. The Balaban J connectivity index is 2.33. The zero-order chi connectivity index (χ0) is 20.4. The van der Waals surface area contributed by atoms with Gasteiger partial charge in [-0.1, -0.05) is 12.1 Å². The first kappa shape index (κ1) is 20.3. The fraction of sp³-hybridized carbons (Fsp3) is 0.167.